The molecule has 11 heteroatoms. The second-order valence-electron chi connectivity index (χ2n) is 5.64. The molecule has 3 rings (SSSR count). The van der Waals surface area contributed by atoms with Gasteiger partial charge in [-0.15, -0.1) is 0 Å². The molecular formula is C16H16ClN3O6S-2. The van der Waals surface area contributed by atoms with Crippen LogP contribution in [-0.4, -0.2) is 50.5 Å². The average molecular weight is 414 g/mol. The van der Waals surface area contributed by atoms with Crippen molar-refractivity contribution >= 4 is 34.2 Å². The first-order valence-electron chi connectivity index (χ1n) is 7.76. The van der Waals surface area contributed by atoms with Crippen LogP contribution in [0.4, 0.5) is 10.5 Å². The highest BCUT2D eigenvalue weighted by molar-refractivity contribution is 8.25. The summed E-state index contributed by atoms with van der Waals surface area (Å²) < 4.78 is 38.4. The molecule has 2 heterocycles. The van der Waals surface area contributed by atoms with Crippen LogP contribution >= 0.6 is 22.4 Å². The Hall–Kier alpha value is -2.40. The zero-order valence-electron chi connectivity index (χ0n) is 14.2. The Morgan fingerprint density at radius 2 is 2.22 bits per heavy atom. The van der Waals surface area contributed by atoms with Gasteiger partial charge in [-0.3, -0.25) is 0 Å². The molecule has 0 bridgehead atoms. The molecule has 0 unspecified atom stereocenters. The summed E-state index contributed by atoms with van der Waals surface area (Å²) >= 11 is 5.90. The summed E-state index contributed by atoms with van der Waals surface area (Å²) in [7, 11) is -2.66. The summed E-state index contributed by atoms with van der Waals surface area (Å²) in [5.74, 6) is 0.400. The van der Waals surface area contributed by atoms with Gasteiger partial charge in [-0.05, 0) is 24.3 Å². The molecule has 0 atom stereocenters. The van der Waals surface area contributed by atoms with Gasteiger partial charge in [0.15, 0.2) is 0 Å². The molecule has 0 radical (unpaired) electrons. The molecule has 0 saturated carbocycles. The van der Waals surface area contributed by atoms with Gasteiger partial charge in [0, 0.05) is 10.6 Å². The van der Waals surface area contributed by atoms with E-state index in [-0.39, 0.29) is 46.9 Å². The number of fused-ring (bicyclic) bond motifs is 1. The molecule has 27 heavy (non-hydrogen) atoms. The van der Waals surface area contributed by atoms with Crippen molar-refractivity contribution in [1.29, 1.82) is 0 Å². The first kappa shape index (κ1) is 19.4. The standard InChI is InChI=1S/C16H18ClN3O6S/c1-25-13-3-2-11(17)7-14(13)27(23,24)19-12-6-10-9-20(16(21)22)4-5-26-15(10)18-8-12/h2-3,6-8,19,23-24H,4-5,9H2,1H3,(H,21,22)/p-2. The van der Waals surface area contributed by atoms with E-state index in [1.807, 2.05) is 0 Å². The van der Waals surface area contributed by atoms with E-state index in [1.165, 1.54) is 37.6 Å². The average Bonchev–Trinajstić information content (AvgIpc) is 2.83. The molecule has 146 valence electrons. The number of methoxy groups -OCH3 is 1. The first-order chi connectivity index (χ1) is 12.8. The van der Waals surface area contributed by atoms with Crippen LogP contribution < -0.4 is 14.2 Å². The van der Waals surface area contributed by atoms with Crippen LogP contribution in [0.1, 0.15) is 5.56 Å². The Kier molecular flexibility index (Phi) is 5.51. The lowest BCUT2D eigenvalue weighted by Gasteiger charge is -2.60. The van der Waals surface area contributed by atoms with Gasteiger partial charge in [0.25, 0.3) is 0 Å². The number of hydrogen-bond donors (Lipinski definition) is 2. The molecule has 1 amide bonds. The summed E-state index contributed by atoms with van der Waals surface area (Å²) in [5, 5.41) is 9.43. The summed E-state index contributed by atoms with van der Waals surface area (Å²) in [6, 6.07) is 5.72. The minimum absolute atomic E-state index is 0.0354. The van der Waals surface area contributed by atoms with Crippen molar-refractivity contribution in [2.24, 2.45) is 0 Å². The van der Waals surface area contributed by atoms with Crippen molar-refractivity contribution in [1.82, 2.24) is 9.88 Å². The minimum atomic E-state index is -4.01. The number of nitrogens with zero attached hydrogens (tertiary/aromatic N) is 2. The largest absolute Gasteiger partial charge is 0.779 e. The zero-order valence-corrected chi connectivity index (χ0v) is 15.7. The fourth-order valence-electron chi connectivity index (χ4n) is 2.57. The van der Waals surface area contributed by atoms with E-state index >= 15 is 0 Å². The van der Waals surface area contributed by atoms with Crippen LogP contribution in [0.2, 0.25) is 5.02 Å². The number of aromatic nitrogens is 1. The van der Waals surface area contributed by atoms with Crippen LogP contribution in [0.15, 0.2) is 35.4 Å². The van der Waals surface area contributed by atoms with Crippen molar-refractivity contribution in [3.63, 3.8) is 0 Å². The molecule has 1 aliphatic heterocycles. The Labute approximate surface area is 162 Å². The lowest BCUT2D eigenvalue weighted by atomic mass is 10.2. The molecular weight excluding hydrogens is 398 g/mol. The predicted molar refractivity (Wildman–Crippen MR) is 97.2 cm³/mol. The van der Waals surface area contributed by atoms with Gasteiger partial charge < -0.3 is 44.1 Å². The van der Waals surface area contributed by atoms with Crippen LogP contribution in [0.3, 0.4) is 0 Å². The van der Waals surface area contributed by atoms with E-state index in [9.17, 15) is 19.0 Å². The van der Waals surface area contributed by atoms with Gasteiger partial charge in [-0.1, -0.05) is 11.6 Å². The maximum absolute atomic E-state index is 12.7. The lowest BCUT2D eigenvalue weighted by molar-refractivity contribution is 0.137. The van der Waals surface area contributed by atoms with Gasteiger partial charge in [0.2, 0.25) is 5.88 Å². The van der Waals surface area contributed by atoms with Crippen molar-refractivity contribution in [3.8, 4) is 11.6 Å². The highest BCUT2D eigenvalue weighted by Gasteiger charge is 2.20. The van der Waals surface area contributed by atoms with Crippen molar-refractivity contribution < 1.29 is 28.5 Å². The van der Waals surface area contributed by atoms with E-state index in [0.717, 1.165) is 4.90 Å². The highest BCUT2D eigenvalue weighted by atomic mass is 35.5. The third-order valence-corrected chi connectivity index (χ3v) is 5.46. The van der Waals surface area contributed by atoms with Crippen LogP contribution in [-0.2, 0) is 6.54 Å². The van der Waals surface area contributed by atoms with Crippen molar-refractivity contribution in [2.75, 3.05) is 25.0 Å². The number of sulfonamides is 1. The molecule has 1 aliphatic rings. The number of rotatable bonds is 4. The second kappa shape index (κ2) is 7.69. The Morgan fingerprint density at radius 3 is 2.93 bits per heavy atom. The minimum Gasteiger partial charge on any atom is -0.779 e. The number of ether oxygens (including phenoxy) is 2. The van der Waals surface area contributed by atoms with Gasteiger partial charge in [-0.25, -0.2) is 9.78 Å². The quantitative estimate of drug-likeness (QED) is 0.781. The smallest absolute Gasteiger partial charge is 0.407 e. The SMILES string of the molecule is COc1ccc(Cl)cc1S([O-])([O-])Nc1cnc2c(c1)CN(C(=O)O)CCO2. The van der Waals surface area contributed by atoms with E-state index in [2.05, 4.69) is 9.71 Å². The molecule has 1 aromatic heterocycles. The van der Waals surface area contributed by atoms with Crippen molar-refractivity contribution in [3.05, 3.63) is 41.0 Å². The second-order valence-corrected chi connectivity index (χ2v) is 7.73. The van der Waals surface area contributed by atoms with Gasteiger partial charge in [0.05, 0.1) is 37.0 Å². The summed E-state index contributed by atoms with van der Waals surface area (Å²) in [5.41, 5.74) is 0.611. The Bertz CT molecular complexity index is 866. The van der Waals surface area contributed by atoms with E-state index < -0.39 is 16.9 Å². The van der Waals surface area contributed by atoms with E-state index in [0.29, 0.717) is 5.56 Å². The summed E-state index contributed by atoms with van der Waals surface area (Å²) in [6.07, 6.45) is 0.199. The number of nitrogens with one attached hydrogen (secondary N) is 1. The predicted octanol–water partition coefficient (Wildman–Crippen LogP) is 3.07. The maximum Gasteiger partial charge on any atom is 0.407 e. The van der Waals surface area contributed by atoms with Gasteiger partial charge in [0.1, 0.15) is 12.4 Å². The van der Waals surface area contributed by atoms with Gasteiger partial charge >= 0.3 is 6.09 Å². The van der Waals surface area contributed by atoms with E-state index in [1.54, 1.807) is 0 Å². The topological polar surface area (TPSA) is 130 Å². The molecule has 0 saturated heterocycles. The number of hydrogen-bond acceptors (Lipinski definition) is 7. The lowest BCUT2D eigenvalue weighted by Crippen LogP contribution is -2.30. The molecule has 2 N–H and O–H groups in total. The molecule has 2 aromatic rings. The monoisotopic (exact) mass is 413 g/mol. The first-order valence-corrected chi connectivity index (χ1v) is 9.62. The molecule has 1 aromatic carbocycles. The number of halogens is 1. The number of pyridine rings is 1. The highest BCUT2D eigenvalue weighted by Crippen LogP contribution is 2.52. The normalized spacial score (nSPS) is 14.6. The fourth-order valence-corrected chi connectivity index (χ4v) is 4.04. The van der Waals surface area contributed by atoms with Gasteiger partial charge in [-0.2, -0.15) is 0 Å². The number of carbonyl (C=O) groups is 1. The molecule has 0 fully saturated rings. The summed E-state index contributed by atoms with van der Waals surface area (Å²) in [6.45, 7) is 0.386. The van der Waals surface area contributed by atoms with Crippen molar-refractivity contribution in [2.45, 2.75) is 11.4 Å². The van der Waals surface area contributed by atoms with Crippen LogP contribution in [0, 0.1) is 0 Å². The zero-order chi connectivity index (χ0) is 19.6. The molecule has 0 aliphatic carbocycles. The number of amides is 1. The third kappa shape index (κ3) is 4.30. The molecule has 9 nitrogen and oxygen atoms in total. The number of carboxylic acid groups (broad SMARTS) is 1. The maximum atomic E-state index is 12.7. The van der Waals surface area contributed by atoms with Crippen LogP contribution in [0.25, 0.3) is 0 Å². The Balaban J connectivity index is 1.90. The Morgan fingerprint density at radius 1 is 1.44 bits per heavy atom. The number of benzene rings is 1. The third-order valence-electron chi connectivity index (χ3n) is 3.82. The fraction of sp³-hybridized carbons (Fsp3) is 0.250. The van der Waals surface area contributed by atoms with Crippen LogP contribution in [0.5, 0.6) is 11.6 Å². The molecule has 0 spiro atoms. The number of anilines is 1. The summed E-state index contributed by atoms with van der Waals surface area (Å²) in [4.78, 5) is 16.3. The van der Waals surface area contributed by atoms with E-state index in [4.69, 9.17) is 21.1 Å².